The van der Waals surface area contributed by atoms with Crippen LogP contribution in [-0.2, 0) is 4.74 Å². The summed E-state index contributed by atoms with van der Waals surface area (Å²) in [7, 11) is 0. The zero-order chi connectivity index (χ0) is 14.9. The number of nitrogens with two attached hydrogens (primary N) is 1. The Bertz CT molecular complexity index is 249. The van der Waals surface area contributed by atoms with Gasteiger partial charge in [0, 0.05) is 19.1 Å². The molecule has 0 fully saturated rings. The Hall–Kier alpha value is -0.770. The molecule has 0 heterocycles. The number of hydrogen-bond acceptors (Lipinski definition) is 3. The van der Waals surface area contributed by atoms with Crippen LogP contribution in [-0.4, -0.2) is 35.7 Å². The molecule has 1 amide bonds. The molecule has 19 heavy (non-hydrogen) atoms. The number of nitrogens with zero attached hydrogens (tertiary/aromatic N) is 1. The third-order valence-corrected chi connectivity index (χ3v) is 2.82. The second-order valence-electron chi connectivity index (χ2n) is 6.18. The lowest BCUT2D eigenvalue weighted by atomic mass is 10.1. The number of carbonyl (C=O) groups excluding carboxylic acids is 1. The highest BCUT2D eigenvalue weighted by atomic mass is 16.6. The average molecular weight is 272 g/mol. The van der Waals surface area contributed by atoms with Gasteiger partial charge in [0.1, 0.15) is 5.60 Å². The molecule has 0 rings (SSSR count). The summed E-state index contributed by atoms with van der Waals surface area (Å²) in [6.45, 7) is 11.2. The molecule has 0 radical (unpaired) electrons. The van der Waals surface area contributed by atoms with Crippen LogP contribution in [0, 0.1) is 0 Å². The number of hydrogen-bond donors (Lipinski definition) is 1. The fourth-order valence-electron chi connectivity index (χ4n) is 1.77. The van der Waals surface area contributed by atoms with E-state index in [0.717, 1.165) is 38.6 Å². The van der Waals surface area contributed by atoms with E-state index in [1.54, 1.807) is 4.90 Å². The van der Waals surface area contributed by atoms with Crippen LogP contribution in [0.3, 0.4) is 0 Å². The monoisotopic (exact) mass is 272 g/mol. The van der Waals surface area contributed by atoms with Gasteiger partial charge in [-0.1, -0.05) is 33.1 Å². The molecule has 2 N–H and O–H groups in total. The van der Waals surface area contributed by atoms with Crippen molar-refractivity contribution in [3.05, 3.63) is 0 Å². The Labute approximate surface area is 118 Å². The number of rotatable bonds is 8. The predicted molar refractivity (Wildman–Crippen MR) is 80.2 cm³/mol. The number of carbonyl (C=O) groups is 1. The first-order valence-corrected chi connectivity index (χ1v) is 7.53. The first kappa shape index (κ1) is 18.2. The van der Waals surface area contributed by atoms with Gasteiger partial charge in [0.15, 0.2) is 0 Å². The Balaban J connectivity index is 4.39. The van der Waals surface area contributed by atoms with Gasteiger partial charge in [-0.3, -0.25) is 0 Å². The fraction of sp³-hybridized carbons (Fsp3) is 0.933. The summed E-state index contributed by atoms with van der Waals surface area (Å²) in [5.74, 6) is 0. The van der Waals surface area contributed by atoms with E-state index in [1.165, 1.54) is 0 Å². The lowest BCUT2D eigenvalue weighted by Gasteiger charge is -2.29. The zero-order valence-corrected chi connectivity index (χ0v) is 13.4. The third-order valence-electron chi connectivity index (χ3n) is 2.82. The van der Waals surface area contributed by atoms with Crippen molar-refractivity contribution >= 4 is 6.09 Å². The second-order valence-corrected chi connectivity index (χ2v) is 6.18. The van der Waals surface area contributed by atoms with Gasteiger partial charge in [-0.15, -0.1) is 0 Å². The minimum Gasteiger partial charge on any atom is -0.444 e. The fourth-order valence-corrected chi connectivity index (χ4v) is 1.77. The first-order chi connectivity index (χ1) is 8.80. The van der Waals surface area contributed by atoms with E-state index >= 15 is 0 Å². The van der Waals surface area contributed by atoms with Crippen LogP contribution in [0.5, 0.6) is 0 Å². The van der Waals surface area contributed by atoms with Crippen molar-refractivity contribution in [2.24, 2.45) is 5.73 Å². The lowest BCUT2D eigenvalue weighted by Crippen LogP contribution is -2.44. The topological polar surface area (TPSA) is 55.6 Å². The molecule has 0 saturated carbocycles. The van der Waals surface area contributed by atoms with Crippen LogP contribution in [0.15, 0.2) is 0 Å². The van der Waals surface area contributed by atoms with E-state index in [4.69, 9.17) is 10.5 Å². The summed E-state index contributed by atoms with van der Waals surface area (Å²) in [6.07, 6.45) is 5.00. The molecule has 0 spiro atoms. The highest BCUT2D eigenvalue weighted by Gasteiger charge is 2.23. The zero-order valence-electron chi connectivity index (χ0n) is 13.4. The third kappa shape index (κ3) is 9.77. The molecule has 114 valence electrons. The van der Waals surface area contributed by atoms with Gasteiger partial charge < -0.3 is 15.4 Å². The van der Waals surface area contributed by atoms with Gasteiger partial charge in [-0.25, -0.2) is 4.79 Å². The Morgan fingerprint density at radius 1 is 1.21 bits per heavy atom. The van der Waals surface area contributed by atoms with Crippen LogP contribution in [0.4, 0.5) is 4.79 Å². The maximum Gasteiger partial charge on any atom is 0.410 e. The molecule has 0 bridgehead atoms. The molecular weight excluding hydrogens is 240 g/mol. The van der Waals surface area contributed by atoms with Crippen molar-refractivity contribution in [1.29, 1.82) is 0 Å². The van der Waals surface area contributed by atoms with E-state index in [2.05, 4.69) is 13.8 Å². The minimum atomic E-state index is -0.449. The number of unbranched alkanes of at least 4 members (excludes halogenated alkanes) is 2. The molecule has 1 unspecified atom stereocenters. The molecule has 0 saturated heterocycles. The molecule has 0 aliphatic heterocycles. The van der Waals surface area contributed by atoms with Gasteiger partial charge >= 0.3 is 6.09 Å². The Morgan fingerprint density at radius 2 is 1.79 bits per heavy atom. The van der Waals surface area contributed by atoms with Crippen LogP contribution >= 0.6 is 0 Å². The molecule has 1 atom stereocenters. The quantitative estimate of drug-likeness (QED) is 0.735. The largest absolute Gasteiger partial charge is 0.444 e. The summed E-state index contributed by atoms with van der Waals surface area (Å²) in [5, 5.41) is 0. The van der Waals surface area contributed by atoms with E-state index in [9.17, 15) is 4.79 Å². The van der Waals surface area contributed by atoms with Crippen molar-refractivity contribution in [1.82, 2.24) is 4.90 Å². The van der Waals surface area contributed by atoms with Gasteiger partial charge in [0.2, 0.25) is 0 Å². The Kier molecular flexibility index (Phi) is 8.81. The number of amides is 1. The highest BCUT2D eigenvalue weighted by Crippen LogP contribution is 2.11. The molecule has 0 aromatic carbocycles. The summed E-state index contributed by atoms with van der Waals surface area (Å²) in [5.41, 5.74) is 5.64. The molecule has 0 aliphatic carbocycles. The van der Waals surface area contributed by atoms with E-state index in [0.29, 0.717) is 6.54 Å². The van der Waals surface area contributed by atoms with Crippen LogP contribution in [0.2, 0.25) is 0 Å². The maximum absolute atomic E-state index is 12.1. The van der Waals surface area contributed by atoms with Crippen LogP contribution in [0.1, 0.15) is 66.7 Å². The standard InChI is InChI=1S/C15H32N2O2/c1-6-8-10-13(16)12-17(11-9-7-2)14(18)19-15(3,4)5/h13H,6-12,16H2,1-5H3. The normalized spacial score (nSPS) is 13.2. The van der Waals surface area contributed by atoms with Crippen molar-refractivity contribution in [2.75, 3.05) is 13.1 Å². The Morgan fingerprint density at radius 3 is 2.26 bits per heavy atom. The van der Waals surface area contributed by atoms with Crippen LogP contribution < -0.4 is 5.73 Å². The smallest absolute Gasteiger partial charge is 0.410 e. The summed E-state index contributed by atoms with van der Waals surface area (Å²) < 4.78 is 5.43. The maximum atomic E-state index is 12.1. The second kappa shape index (κ2) is 9.18. The van der Waals surface area contributed by atoms with Crippen molar-refractivity contribution < 1.29 is 9.53 Å². The SMILES string of the molecule is CCCCC(N)CN(CCCC)C(=O)OC(C)(C)C. The molecular formula is C15H32N2O2. The molecule has 0 aliphatic rings. The predicted octanol–water partition coefficient (Wildman–Crippen LogP) is 3.54. The summed E-state index contributed by atoms with van der Waals surface area (Å²) >= 11 is 0. The van der Waals surface area contributed by atoms with Gasteiger partial charge in [-0.2, -0.15) is 0 Å². The van der Waals surface area contributed by atoms with E-state index in [-0.39, 0.29) is 12.1 Å². The average Bonchev–Trinajstić information content (AvgIpc) is 2.29. The summed E-state index contributed by atoms with van der Waals surface area (Å²) in [6, 6.07) is 0.0457. The van der Waals surface area contributed by atoms with Crippen molar-refractivity contribution in [2.45, 2.75) is 78.4 Å². The summed E-state index contributed by atoms with van der Waals surface area (Å²) in [4.78, 5) is 13.9. The van der Waals surface area contributed by atoms with Crippen LogP contribution in [0.25, 0.3) is 0 Å². The number of ether oxygens (including phenoxy) is 1. The van der Waals surface area contributed by atoms with Gasteiger partial charge in [0.25, 0.3) is 0 Å². The highest BCUT2D eigenvalue weighted by molar-refractivity contribution is 5.68. The first-order valence-electron chi connectivity index (χ1n) is 7.53. The molecule has 4 heteroatoms. The van der Waals surface area contributed by atoms with Crippen molar-refractivity contribution in [3.63, 3.8) is 0 Å². The minimum absolute atomic E-state index is 0.0457. The lowest BCUT2D eigenvalue weighted by molar-refractivity contribution is 0.0234. The van der Waals surface area contributed by atoms with Crippen molar-refractivity contribution in [3.8, 4) is 0 Å². The molecule has 4 nitrogen and oxygen atoms in total. The van der Waals surface area contributed by atoms with E-state index < -0.39 is 5.60 Å². The molecule has 0 aromatic heterocycles. The molecule has 0 aromatic rings. The van der Waals surface area contributed by atoms with Gasteiger partial charge in [-0.05, 0) is 33.6 Å². The van der Waals surface area contributed by atoms with Gasteiger partial charge in [0.05, 0.1) is 0 Å². The van der Waals surface area contributed by atoms with E-state index in [1.807, 2.05) is 20.8 Å².